The summed E-state index contributed by atoms with van der Waals surface area (Å²) >= 11 is 3.61. The van der Waals surface area contributed by atoms with Crippen LogP contribution in [-0.4, -0.2) is 4.57 Å². The summed E-state index contributed by atoms with van der Waals surface area (Å²) in [5, 5.41) is 1.13. The molecule has 0 bridgehead atoms. The minimum atomic E-state index is -0.333. The fourth-order valence-corrected chi connectivity index (χ4v) is 3.03. The zero-order valence-electron chi connectivity index (χ0n) is 11.0. The van der Waals surface area contributed by atoms with Crippen molar-refractivity contribution in [2.75, 3.05) is 5.73 Å². The van der Waals surface area contributed by atoms with Gasteiger partial charge in [-0.15, -0.1) is 0 Å². The lowest BCUT2D eigenvalue weighted by atomic mass is 10.2. The van der Waals surface area contributed by atoms with Crippen molar-refractivity contribution in [2.24, 2.45) is 0 Å². The number of benzene rings is 2. The Morgan fingerprint density at radius 3 is 2.70 bits per heavy atom. The first-order chi connectivity index (χ1) is 9.59. The second-order valence-corrected chi connectivity index (χ2v) is 5.62. The van der Waals surface area contributed by atoms with Gasteiger partial charge in [0.25, 0.3) is 0 Å². The van der Waals surface area contributed by atoms with Gasteiger partial charge in [0, 0.05) is 26.6 Å². The highest BCUT2D eigenvalue weighted by atomic mass is 79.9. The highest BCUT2D eigenvalue weighted by Crippen LogP contribution is 2.31. The molecular formula is C16H14BrFN2. The number of anilines is 1. The third-order valence-corrected chi connectivity index (χ3v) is 4.59. The maximum atomic E-state index is 14.1. The minimum Gasteiger partial charge on any atom is -0.396 e. The lowest BCUT2D eigenvalue weighted by molar-refractivity contribution is 0.605. The second-order valence-electron chi connectivity index (χ2n) is 4.82. The smallest absolute Gasteiger partial charge is 0.151 e. The van der Waals surface area contributed by atoms with E-state index in [1.54, 1.807) is 18.2 Å². The molecule has 0 amide bonds. The van der Waals surface area contributed by atoms with Crippen molar-refractivity contribution in [3.05, 3.63) is 64.0 Å². The number of nitrogens with two attached hydrogens (primary N) is 1. The molecule has 0 saturated carbocycles. The highest BCUT2D eigenvalue weighted by Gasteiger charge is 2.13. The molecule has 3 aromatic rings. The Balaban J connectivity index is 2.16. The van der Waals surface area contributed by atoms with Gasteiger partial charge in [0.15, 0.2) is 5.82 Å². The highest BCUT2D eigenvalue weighted by molar-refractivity contribution is 9.10. The van der Waals surface area contributed by atoms with E-state index < -0.39 is 0 Å². The number of hydrogen-bond acceptors (Lipinski definition) is 1. The summed E-state index contributed by atoms with van der Waals surface area (Å²) in [7, 11) is 0. The summed E-state index contributed by atoms with van der Waals surface area (Å²) < 4.78 is 17.2. The van der Waals surface area contributed by atoms with Crippen LogP contribution in [0.5, 0.6) is 0 Å². The SMILES string of the molecule is Cc1c(Br)c2ccccc2n1Cc1cccc(N)c1F. The Hall–Kier alpha value is -1.81. The first kappa shape index (κ1) is 13.2. The molecule has 1 heterocycles. The molecule has 102 valence electrons. The number of halogens is 2. The van der Waals surface area contributed by atoms with E-state index in [9.17, 15) is 4.39 Å². The van der Waals surface area contributed by atoms with Crippen LogP contribution in [0.2, 0.25) is 0 Å². The molecule has 0 unspecified atom stereocenters. The fraction of sp³-hybridized carbons (Fsp3) is 0.125. The number of nitrogens with zero attached hydrogens (tertiary/aromatic N) is 1. The molecule has 0 saturated heterocycles. The van der Waals surface area contributed by atoms with E-state index in [1.807, 2.05) is 25.1 Å². The average molecular weight is 333 g/mol. The topological polar surface area (TPSA) is 30.9 Å². The van der Waals surface area contributed by atoms with Crippen LogP contribution in [0.4, 0.5) is 10.1 Å². The molecule has 2 N–H and O–H groups in total. The Morgan fingerprint density at radius 1 is 1.15 bits per heavy atom. The van der Waals surface area contributed by atoms with Crippen molar-refractivity contribution in [1.29, 1.82) is 0 Å². The first-order valence-corrected chi connectivity index (χ1v) is 7.15. The average Bonchev–Trinajstić information content (AvgIpc) is 2.69. The van der Waals surface area contributed by atoms with Gasteiger partial charge < -0.3 is 10.3 Å². The van der Waals surface area contributed by atoms with E-state index in [-0.39, 0.29) is 11.5 Å². The predicted molar refractivity (Wildman–Crippen MR) is 84.3 cm³/mol. The zero-order chi connectivity index (χ0) is 14.3. The van der Waals surface area contributed by atoms with Gasteiger partial charge in [0.1, 0.15) is 0 Å². The molecule has 0 fully saturated rings. The molecule has 0 atom stereocenters. The molecule has 0 aliphatic rings. The van der Waals surface area contributed by atoms with Gasteiger partial charge in [-0.3, -0.25) is 0 Å². The van der Waals surface area contributed by atoms with Crippen molar-refractivity contribution in [3.8, 4) is 0 Å². The van der Waals surface area contributed by atoms with Gasteiger partial charge in [-0.25, -0.2) is 4.39 Å². The third kappa shape index (κ3) is 2.00. The van der Waals surface area contributed by atoms with Crippen molar-refractivity contribution in [1.82, 2.24) is 4.57 Å². The van der Waals surface area contributed by atoms with E-state index in [2.05, 4.69) is 26.6 Å². The fourth-order valence-electron chi connectivity index (χ4n) is 2.48. The second kappa shape index (κ2) is 4.94. The molecule has 0 radical (unpaired) electrons. The predicted octanol–water partition coefficient (Wildman–Crippen LogP) is 4.48. The number of fused-ring (bicyclic) bond motifs is 1. The van der Waals surface area contributed by atoms with E-state index in [1.165, 1.54) is 0 Å². The monoisotopic (exact) mass is 332 g/mol. The van der Waals surface area contributed by atoms with Crippen LogP contribution in [0.25, 0.3) is 10.9 Å². The van der Waals surface area contributed by atoms with E-state index in [4.69, 9.17) is 5.73 Å². The number of para-hydroxylation sites is 1. The molecule has 2 aromatic carbocycles. The van der Waals surface area contributed by atoms with E-state index in [0.717, 1.165) is 21.1 Å². The Labute approximate surface area is 125 Å². The summed E-state index contributed by atoms with van der Waals surface area (Å²) in [5.74, 6) is -0.333. The van der Waals surface area contributed by atoms with Crippen molar-refractivity contribution >= 4 is 32.5 Å². The van der Waals surface area contributed by atoms with Gasteiger partial charge in [0.05, 0.1) is 12.2 Å². The van der Waals surface area contributed by atoms with Gasteiger partial charge in [-0.2, -0.15) is 0 Å². The molecule has 4 heteroatoms. The van der Waals surface area contributed by atoms with Crippen LogP contribution < -0.4 is 5.73 Å². The molecule has 1 aromatic heterocycles. The van der Waals surface area contributed by atoms with Gasteiger partial charge in [-0.05, 0) is 35.0 Å². The quantitative estimate of drug-likeness (QED) is 0.689. The lowest BCUT2D eigenvalue weighted by Gasteiger charge is -2.10. The molecule has 0 aliphatic carbocycles. The molecule has 2 nitrogen and oxygen atoms in total. The summed E-state index contributed by atoms with van der Waals surface area (Å²) in [4.78, 5) is 0. The molecular weight excluding hydrogens is 319 g/mol. The number of aromatic nitrogens is 1. The minimum absolute atomic E-state index is 0.190. The largest absolute Gasteiger partial charge is 0.396 e. The Morgan fingerprint density at radius 2 is 1.90 bits per heavy atom. The molecule has 0 aliphatic heterocycles. The number of hydrogen-bond donors (Lipinski definition) is 1. The molecule has 20 heavy (non-hydrogen) atoms. The summed E-state index contributed by atoms with van der Waals surface area (Å²) in [6.07, 6.45) is 0. The first-order valence-electron chi connectivity index (χ1n) is 6.36. The van der Waals surface area contributed by atoms with Crippen LogP contribution >= 0.6 is 15.9 Å². The van der Waals surface area contributed by atoms with Gasteiger partial charge >= 0.3 is 0 Å². The normalized spacial score (nSPS) is 11.2. The van der Waals surface area contributed by atoms with Crippen LogP contribution in [0, 0.1) is 12.7 Å². The molecule has 0 spiro atoms. The van der Waals surface area contributed by atoms with Crippen molar-refractivity contribution in [3.63, 3.8) is 0 Å². The van der Waals surface area contributed by atoms with E-state index in [0.29, 0.717) is 12.1 Å². The Kier molecular flexibility index (Phi) is 3.26. The zero-order valence-corrected chi connectivity index (χ0v) is 12.6. The van der Waals surface area contributed by atoms with Crippen LogP contribution in [0.15, 0.2) is 46.9 Å². The summed E-state index contributed by atoms with van der Waals surface area (Å²) in [6, 6.07) is 13.2. The third-order valence-electron chi connectivity index (χ3n) is 3.59. The molecule has 3 rings (SSSR count). The van der Waals surface area contributed by atoms with Crippen molar-refractivity contribution in [2.45, 2.75) is 13.5 Å². The van der Waals surface area contributed by atoms with Crippen molar-refractivity contribution < 1.29 is 4.39 Å². The summed E-state index contributed by atoms with van der Waals surface area (Å²) in [5.41, 5.74) is 8.58. The summed E-state index contributed by atoms with van der Waals surface area (Å²) in [6.45, 7) is 2.49. The van der Waals surface area contributed by atoms with Crippen LogP contribution in [-0.2, 0) is 6.54 Å². The standard InChI is InChI=1S/C16H14BrFN2/c1-10-15(17)12-6-2-3-8-14(12)20(10)9-11-5-4-7-13(19)16(11)18/h2-8H,9,19H2,1H3. The van der Waals surface area contributed by atoms with Crippen LogP contribution in [0.1, 0.15) is 11.3 Å². The number of rotatable bonds is 2. The van der Waals surface area contributed by atoms with Crippen LogP contribution in [0.3, 0.4) is 0 Å². The van der Waals surface area contributed by atoms with Gasteiger partial charge in [0.2, 0.25) is 0 Å². The van der Waals surface area contributed by atoms with E-state index >= 15 is 0 Å². The maximum absolute atomic E-state index is 14.1. The number of nitrogen functional groups attached to an aromatic ring is 1. The lowest BCUT2D eigenvalue weighted by Crippen LogP contribution is -2.05. The maximum Gasteiger partial charge on any atom is 0.151 e. The van der Waals surface area contributed by atoms with Gasteiger partial charge in [-0.1, -0.05) is 30.3 Å². The Bertz CT molecular complexity index is 793.